The Morgan fingerprint density at radius 1 is 1.31 bits per heavy atom. The van der Waals surface area contributed by atoms with E-state index in [1.165, 1.54) is 11.1 Å². The van der Waals surface area contributed by atoms with Gasteiger partial charge in [0.1, 0.15) is 5.69 Å². The monoisotopic (exact) mass is 216 g/mol. The molecule has 0 fully saturated rings. The molecular weight excluding hydrogens is 204 g/mol. The molecule has 0 amide bonds. The predicted octanol–water partition coefficient (Wildman–Crippen LogP) is 2.00. The van der Waals surface area contributed by atoms with Crippen LogP contribution in [-0.4, -0.2) is 11.8 Å². The summed E-state index contributed by atoms with van der Waals surface area (Å²) in [5, 5.41) is 3.95. The SMILES string of the molecule is Nc1cc(-c2cccc3c2CCOC3)no1. The summed E-state index contributed by atoms with van der Waals surface area (Å²) in [7, 11) is 0. The fourth-order valence-electron chi connectivity index (χ4n) is 2.08. The number of benzene rings is 1. The van der Waals surface area contributed by atoms with Gasteiger partial charge in [0, 0.05) is 11.6 Å². The van der Waals surface area contributed by atoms with Crippen LogP contribution >= 0.6 is 0 Å². The normalized spacial score (nSPS) is 14.8. The van der Waals surface area contributed by atoms with Gasteiger partial charge in [-0.1, -0.05) is 23.4 Å². The lowest BCUT2D eigenvalue weighted by molar-refractivity contribution is 0.111. The lowest BCUT2D eigenvalue weighted by Crippen LogP contribution is -2.10. The second-order valence-corrected chi connectivity index (χ2v) is 3.86. The summed E-state index contributed by atoms with van der Waals surface area (Å²) in [6.07, 6.45) is 0.915. The molecule has 4 heteroatoms. The Labute approximate surface area is 93.0 Å². The molecule has 3 rings (SSSR count). The van der Waals surface area contributed by atoms with Gasteiger partial charge in [-0.3, -0.25) is 0 Å². The van der Waals surface area contributed by atoms with Crippen LogP contribution in [0, 0.1) is 0 Å². The Balaban J connectivity index is 2.13. The van der Waals surface area contributed by atoms with Crippen molar-refractivity contribution in [2.45, 2.75) is 13.0 Å². The van der Waals surface area contributed by atoms with Crippen molar-refractivity contribution in [3.05, 3.63) is 35.4 Å². The van der Waals surface area contributed by atoms with Crippen molar-refractivity contribution in [3.63, 3.8) is 0 Å². The van der Waals surface area contributed by atoms with Gasteiger partial charge < -0.3 is 15.0 Å². The van der Waals surface area contributed by atoms with E-state index in [0.29, 0.717) is 12.5 Å². The third-order valence-corrected chi connectivity index (χ3v) is 2.83. The average Bonchev–Trinajstić information content (AvgIpc) is 2.75. The van der Waals surface area contributed by atoms with Crippen LogP contribution in [0.2, 0.25) is 0 Å². The number of nitrogens with zero attached hydrogens (tertiary/aromatic N) is 1. The van der Waals surface area contributed by atoms with Crippen molar-refractivity contribution in [2.75, 3.05) is 12.3 Å². The maximum absolute atomic E-state index is 5.54. The van der Waals surface area contributed by atoms with Crippen LogP contribution in [0.25, 0.3) is 11.3 Å². The zero-order chi connectivity index (χ0) is 11.0. The van der Waals surface area contributed by atoms with Crippen LogP contribution in [-0.2, 0) is 17.8 Å². The van der Waals surface area contributed by atoms with E-state index in [1.807, 2.05) is 12.1 Å². The Kier molecular flexibility index (Phi) is 2.15. The number of anilines is 1. The van der Waals surface area contributed by atoms with E-state index in [9.17, 15) is 0 Å². The van der Waals surface area contributed by atoms with E-state index in [4.69, 9.17) is 15.0 Å². The summed E-state index contributed by atoms with van der Waals surface area (Å²) in [5.41, 5.74) is 9.96. The number of nitrogens with two attached hydrogens (primary N) is 1. The van der Waals surface area contributed by atoms with Crippen LogP contribution in [0.15, 0.2) is 28.8 Å². The minimum atomic E-state index is 0.347. The Morgan fingerprint density at radius 3 is 3.06 bits per heavy atom. The molecule has 0 bridgehead atoms. The average molecular weight is 216 g/mol. The molecule has 0 unspecified atom stereocenters. The molecule has 82 valence electrons. The summed E-state index contributed by atoms with van der Waals surface area (Å²) < 4.78 is 10.3. The number of hydrogen-bond donors (Lipinski definition) is 1. The number of rotatable bonds is 1. The second-order valence-electron chi connectivity index (χ2n) is 3.86. The maximum atomic E-state index is 5.54. The number of hydrogen-bond acceptors (Lipinski definition) is 4. The smallest absolute Gasteiger partial charge is 0.222 e. The van der Waals surface area contributed by atoms with E-state index in [2.05, 4.69) is 11.2 Å². The summed E-state index contributed by atoms with van der Waals surface area (Å²) >= 11 is 0. The van der Waals surface area contributed by atoms with Gasteiger partial charge in [-0.25, -0.2) is 0 Å². The molecule has 0 spiro atoms. The predicted molar refractivity (Wildman–Crippen MR) is 59.7 cm³/mol. The quantitative estimate of drug-likeness (QED) is 0.791. The van der Waals surface area contributed by atoms with Gasteiger partial charge in [0.25, 0.3) is 0 Å². The van der Waals surface area contributed by atoms with Gasteiger partial charge in [0.2, 0.25) is 5.88 Å². The van der Waals surface area contributed by atoms with Crippen molar-refractivity contribution in [2.24, 2.45) is 0 Å². The zero-order valence-corrected chi connectivity index (χ0v) is 8.77. The molecule has 0 saturated heterocycles. The van der Waals surface area contributed by atoms with E-state index in [0.717, 1.165) is 24.3 Å². The highest BCUT2D eigenvalue weighted by atomic mass is 16.5. The highest BCUT2D eigenvalue weighted by molar-refractivity contribution is 5.67. The van der Waals surface area contributed by atoms with E-state index < -0.39 is 0 Å². The molecule has 4 nitrogen and oxygen atoms in total. The molecule has 2 N–H and O–H groups in total. The summed E-state index contributed by atoms with van der Waals surface area (Å²) in [6, 6.07) is 7.89. The van der Waals surface area contributed by atoms with E-state index >= 15 is 0 Å². The number of ether oxygens (including phenoxy) is 1. The summed E-state index contributed by atoms with van der Waals surface area (Å²) in [6.45, 7) is 1.44. The standard InChI is InChI=1S/C12H12N2O2/c13-12-6-11(14-16-12)10-3-1-2-8-7-15-5-4-9(8)10/h1-3,6H,4-5,7,13H2. The first-order valence-electron chi connectivity index (χ1n) is 5.25. The minimum Gasteiger partial charge on any atom is -0.376 e. The third-order valence-electron chi connectivity index (χ3n) is 2.83. The van der Waals surface area contributed by atoms with Crippen LogP contribution in [0.4, 0.5) is 5.88 Å². The van der Waals surface area contributed by atoms with Gasteiger partial charge in [0.15, 0.2) is 0 Å². The van der Waals surface area contributed by atoms with Gasteiger partial charge in [-0.2, -0.15) is 0 Å². The van der Waals surface area contributed by atoms with E-state index in [-0.39, 0.29) is 0 Å². The molecule has 0 saturated carbocycles. The van der Waals surface area contributed by atoms with Gasteiger partial charge in [0.05, 0.1) is 13.2 Å². The number of fused-ring (bicyclic) bond motifs is 1. The lowest BCUT2D eigenvalue weighted by atomic mass is 9.95. The van der Waals surface area contributed by atoms with Gasteiger partial charge >= 0.3 is 0 Å². The maximum Gasteiger partial charge on any atom is 0.222 e. The first-order chi connectivity index (χ1) is 7.84. The first-order valence-corrected chi connectivity index (χ1v) is 5.25. The molecule has 1 aromatic carbocycles. The molecule has 2 aromatic rings. The molecule has 1 aromatic heterocycles. The molecule has 0 aliphatic carbocycles. The molecule has 1 aliphatic heterocycles. The zero-order valence-electron chi connectivity index (χ0n) is 8.77. The molecule has 16 heavy (non-hydrogen) atoms. The van der Waals surface area contributed by atoms with Crippen molar-refractivity contribution < 1.29 is 9.26 Å². The second kappa shape index (κ2) is 3.64. The largest absolute Gasteiger partial charge is 0.376 e. The number of aromatic nitrogens is 1. The highest BCUT2D eigenvalue weighted by Gasteiger charge is 2.16. The first kappa shape index (κ1) is 9.42. The molecule has 2 heterocycles. The Hall–Kier alpha value is -1.81. The van der Waals surface area contributed by atoms with Gasteiger partial charge in [-0.15, -0.1) is 0 Å². The fraction of sp³-hybridized carbons (Fsp3) is 0.250. The van der Waals surface area contributed by atoms with E-state index in [1.54, 1.807) is 6.07 Å². The number of nitrogen functional groups attached to an aromatic ring is 1. The fourth-order valence-corrected chi connectivity index (χ4v) is 2.08. The van der Waals surface area contributed by atoms with Crippen molar-refractivity contribution >= 4 is 5.88 Å². The van der Waals surface area contributed by atoms with Crippen molar-refractivity contribution in [1.82, 2.24) is 5.16 Å². The Bertz CT molecular complexity index is 519. The molecular formula is C12H12N2O2. The Morgan fingerprint density at radius 2 is 2.25 bits per heavy atom. The molecule has 1 aliphatic rings. The van der Waals surface area contributed by atoms with Crippen molar-refractivity contribution in [3.8, 4) is 11.3 Å². The molecule has 0 radical (unpaired) electrons. The highest BCUT2D eigenvalue weighted by Crippen LogP contribution is 2.29. The van der Waals surface area contributed by atoms with Crippen LogP contribution in [0.3, 0.4) is 0 Å². The minimum absolute atomic E-state index is 0.347. The van der Waals surface area contributed by atoms with Crippen LogP contribution < -0.4 is 5.73 Å². The summed E-state index contributed by atoms with van der Waals surface area (Å²) in [5.74, 6) is 0.347. The molecule has 0 atom stereocenters. The van der Waals surface area contributed by atoms with Crippen molar-refractivity contribution in [1.29, 1.82) is 0 Å². The summed E-state index contributed by atoms with van der Waals surface area (Å²) in [4.78, 5) is 0. The third kappa shape index (κ3) is 1.47. The lowest BCUT2D eigenvalue weighted by Gasteiger charge is -2.18. The van der Waals surface area contributed by atoms with Gasteiger partial charge in [-0.05, 0) is 17.5 Å². The topological polar surface area (TPSA) is 61.3 Å². The van der Waals surface area contributed by atoms with Crippen LogP contribution in [0.1, 0.15) is 11.1 Å². The van der Waals surface area contributed by atoms with Crippen LogP contribution in [0.5, 0.6) is 0 Å².